The minimum atomic E-state index is -0.462. The van der Waals surface area contributed by atoms with Crippen LogP contribution in [0, 0.1) is 11.3 Å². The second-order valence-corrected chi connectivity index (χ2v) is 8.51. The van der Waals surface area contributed by atoms with E-state index < -0.39 is 5.60 Å². The zero-order chi connectivity index (χ0) is 17.9. The standard InChI is InChI=1S/C15H26N4O3S2/c1-10(21-13-17-19(23-5)12(16)24-13)11-6-8-18(9-7-11)14(20)22-15(2,3)4/h10-11,16H,6-9H2,1-5H3. The second-order valence-electron chi connectivity index (χ2n) is 6.86. The molecule has 24 heavy (non-hydrogen) atoms. The van der Waals surface area contributed by atoms with Gasteiger partial charge < -0.3 is 14.4 Å². The summed E-state index contributed by atoms with van der Waals surface area (Å²) in [6.45, 7) is 9.02. The molecule has 2 heterocycles. The molecule has 1 fully saturated rings. The first kappa shape index (κ1) is 19.1. The molecule has 1 aliphatic heterocycles. The first-order valence-electron chi connectivity index (χ1n) is 8.03. The Morgan fingerprint density at radius 3 is 2.54 bits per heavy atom. The van der Waals surface area contributed by atoms with Gasteiger partial charge in [-0.25, -0.2) is 4.79 Å². The van der Waals surface area contributed by atoms with Gasteiger partial charge in [0, 0.05) is 19.3 Å². The fraction of sp³-hybridized carbons (Fsp3) is 0.800. The van der Waals surface area contributed by atoms with Gasteiger partial charge in [-0.3, -0.25) is 5.41 Å². The van der Waals surface area contributed by atoms with Crippen LogP contribution in [0.5, 0.6) is 5.19 Å². The molecule has 7 nitrogen and oxygen atoms in total. The Labute approximate surface area is 151 Å². The summed E-state index contributed by atoms with van der Waals surface area (Å²) in [5.41, 5.74) is -0.462. The van der Waals surface area contributed by atoms with Gasteiger partial charge in [-0.1, -0.05) is 0 Å². The Bertz CT molecular complexity index is 615. The monoisotopic (exact) mass is 374 g/mol. The van der Waals surface area contributed by atoms with E-state index in [9.17, 15) is 4.79 Å². The first-order valence-corrected chi connectivity index (χ1v) is 10.0. The van der Waals surface area contributed by atoms with E-state index in [-0.39, 0.29) is 12.2 Å². The third-order valence-corrected chi connectivity index (χ3v) is 5.29. The van der Waals surface area contributed by atoms with Gasteiger partial charge in [0.15, 0.2) is 0 Å². The molecule has 0 aromatic carbocycles. The molecule has 136 valence electrons. The number of piperidine rings is 1. The number of likely N-dealkylation sites (tertiary alicyclic amines) is 1. The second kappa shape index (κ2) is 7.77. The van der Waals surface area contributed by atoms with Gasteiger partial charge in [0.2, 0.25) is 4.80 Å². The van der Waals surface area contributed by atoms with Gasteiger partial charge in [-0.2, -0.15) is 4.09 Å². The number of carbonyl (C=O) groups excluding carboxylic acids is 1. The van der Waals surface area contributed by atoms with Crippen LogP contribution in [0.1, 0.15) is 40.5 Å². The van der Waals surface area contributed by atoms with E-state index in [2.05, 4.69) is 5.10 Å². The fourth-order valence-corrected chi connectivity index (χ4v) is 3.88. The summed E-state index contributed by atoms with van der Waals surface area (Å²) in [5, 5.41) is 12.6. The van der Waals surface area contributed by atoms with Gasteiger partial charge in [0.05, 0.1) is 0 Å². The lowest BCUT2D eigenvalue weighted by atomic mass is 9.92. The van der Waals surface area contributed by atoms with Crippen molar-refractivity contribution in [1.82, 2.24) is 14.1 Å². The maximum absolute atomic E-state index is 12.1. The lowest BCUT2D eigenvalue weighted by Gasteiger charge is -2.35. The SMILES string of the molecule is CSn1nc(OC(C)C2CCN(C(=O)OC(C)(C)C)CC2)sc1=N. The molecule has 9 heteroatoms. The Morgan fingerprint density at radius 1 is 1.42 bits per heavy atom. The average Bonchev–Trinajstić information content (AvgIpc) is 2.85. The molecule has 0 aliphatic carbocycles. The van der Waals surface area contributed by atoms with Crippen molar-refractivity contribution in [2.75, 3.05) is 19.3 Å². The topological polar surface area (TPSA) is 80.4 Å². The molecule has 1 aliphatic rings. The zero-order valence-corrected chi connectivity index (χ0v) is 16.5. The Hall–Kier alpha value is -1.22. The number of ether oxygens (including phenoxy) is 2. The quantitative estimate of drug-likeness (QED) is 0.876. The predicted molar refractivity (Wildman–Crippen MR) is 95.5 cm³/mol. The van der Waals surface area contributed by atoms with Crippen molar-refractivity contribution >= 4 is 29.4 Å². The molecule has 2 rings (SSSR count). The highest BCUT2D eigenvalue weighted by atomic mass is 32.2. The molecule has 1 aromatic rings. The van der Waals surface area contributed by atoms with Crippen molar-refractivity contribution in [2.45, 2.75) is 52.2 Å². The summed E-state index contributed by atoms with van der Waals surface area (Å²) in [6, 6.07) is 0. The summed E-state index contributed by atoms with van der Waals surface area (Å²) < 4.78 is 12.9. The van der Waals surface area contributed by atoms with E-state index in [0.717, 1.165) is 12.8 Å². The maximum atomic E-state index is 12.1. The number of nitrogens with one attached hydrogen (secondary N) is 1. The zero-order valence-electron chi connectivity index (χ0n) is 14.9. The van der Waals surface area contributed by atoms with Crippen LogP contribution in [0.15, 0.2) is 0 Å². The fourth-order valence-electron chi connectivity index (χ4n) is 2.57. The summed E-state index contributed by atoms with van der Waals surface area (Å²) in [7, 11) is 0. The lowest BCUT2D eigenvalue weighted by molar-refractivity contribution is 0.0120. The lowest BCUT2D eigenvalue weighted by Crippen LogP contribution is -2.44. The summed E-state index contributed by atoms with van der Waals surface area (Å²) >= 11 is 2.61. The van der Waals surface area contributed by atoms with E-state index in [1.165, 1.54) is 27.4 Å². The Morgan fingerprint density at radius 2 is 2.04 bits per heavy atom. The highest BCUT2D eigenvalue weighted by molar-refractivity contribution is 7.97. The van der Waals surface area contributed by atoms with E-state index in [0.29, 0.717) is 29.0 Å². The van der Waals surface area contributed by atoms with Crippen LogP contribution < -0.4 is 9.54 Å². The highest BCUT2D eigenvalue weighted by Gasteiger charge is 2.30. The molecule has 1 unspecified atom stereocenters. The molecule has 1 amide bonds. The minimum Gasteiger partial charge on any atom is -0.466 e. The Balaban J connectivity index is 1.85. The summed E-state index contributed by atoms with van der Waals surface area (Å²) in [4.78, 5) is 14.2. The number of nitrogens with zero attached hydrogens (tertiary/aromatic N) is 3. The van der Waals surface area contributed by atoms with E-state index in [1.807, 2.05) is 34.0 Å². The Kier molecular flexibility index (Phi) is 6.19. The van der Waals surface area contributed by atoms with Crippen LogP contribution in [-0.2, 0) is 4.74 Å². The third kappa shape index (κ3) is 5.14. The van der Waals surface area contributed by atoms with E-state index in [4.69, 9.17) is 14.9 Å². The number of rotatable bonds is 4. The molecule has 0 spiro atoms. The summed E-state index contributed by atoms with van der Waals surface area (Å²) in [5.74, 6) is 0.365. The van der Waals surface area contributed by atoms with Crippen LogP contribution in [0.2, 0.25) is 0 Å². The molecule has 1 saturated heterocycles. The molecule has 0 saturated carbocycles. The van der Waals surface area contributed by atoms with Crippen molar-refractivity contribution in [3.63, 3.8) is 0 Å². The van der Waals surface area contributed by atoms with Crippen molar-refractivity contribution in [1.29, 1.82) is 5.41 Å². The summed E-state index contributed by atoms with van der Waals surface area (Å²) in [6.07, 6.45) is 3.39. The first-order chi connectivity index (χ1) is 11.2. The van der Waals surface area contributed by atoms with Crippen LogP contribution in [0.4, 0.5) is 4.79 Å². The molecule has 0 radical (unpaired) electrons. The maximum Gasteiger partial charge on any atom is 0.410 e. The van der Waals surface area contributed by atoms with Crippen molar-refractivity contribution < 1.29 is 14.3 Å². The van der Waals surface area contributed by atoms with E-state index in [1.54, 1.807) is 4.90 Å². The van der Waals surface area contributed by atoms with Gasteiger partial charge >= 0.3 is 6.09 Å². The molecule has 0 bridgehead atoms. The largest absolute Gasteiger partial charge is 0.466 e. The highest BCUT2D eigenvalue weighted by Crippen LogP contribution is 2.25. The van der Waals surface area contributed by atoms with Crippen LogP contribution >= 0.6 is 23.3 Å². The molecule has 1 atom stereocenters. The number of amides is 1. The van der Waals surface area contributed by atoms with E-state index >= 15 is 0 Å². The van der Waals surface area contributed by atoms with Crippen molar-refractivity contribution in [2.24, 2.45) is 5.92 Å². The van der Waals surface area contributed by atoms with Crippen molar-refractivity contribution in [3.8, 4) is 5.19 Å². The molecule has 1 N–H and O–H groups in total. The smallest absolute Gasteiger partial charge is 0.410 e. The van der Waals surface area contributed by atoms with Crippen LogP contribution in [-0.4, -0.2) is 51.2 Å². The predicted octanol–water partition coefficient (Wildman–Crippen LogP) is 2.96. The van der Waals surface area contributed by atoms with Gasteiger partial charge in [-0.05, 0) is 69.7 Å². The van der Waals surface area contributed by atoms with Crippen molar-refractivity contribution in [3.05, 3.63) is 4.80 Å². The number of aromatic nitrogens is 2. The molecular formula is C15H26N4O3S2. The molecule has 1 aromatic heterocycles. The van der Waals surface area contributed by atoms with Crippen LogP contribution in [0.3, 0.4) is 0 Å². The number of carbonyl (C=O) groups is 1. The normalized spacial score (nSPS) is 17.6. The number of hydrogen-bond acceptors (Lipinski definition) is 7. The van der Waals surface area contributed by atoms with Gasteiger partial charge in [0.1, 0.15) is 11.7 Å². The van der Waals surface area contributed by atoms with Gasteiger partial charge in [0.25, 0.3) is 5.19 Å². The minimum absolute atomic E-state index is 0.00615. The average molecular weight is 375 g/mol. The number of hydrogen-bond donors (Lipinski definition) is 1. The molecular weight excluding hydrogens is 348 g/mol. The third-order valence-electron chi connectivity index (χ3n) is 3.85. The van der Waals surface area contributed by atoms with Crippen LogP contribution in [0.25, 0.3) is 0 Å². The van der Waals surface area contributed by atoms with Gasteiger partial charge in [-0.15, -0.1) is 5.10 Å².